The van der Waals surface area contributed by atoms with E-state index >= 15 is 0 Å². The fourth-order valence-corrected chi connectivity index (χ4v) is 1.09. The SMILES string of the molecule is C=C(C)NCC(=O)NCc1ccccc1. The lowest BCUT2D eigenvalue weighted by Crippen LogP contribution is -2.32. The monoisotopic (exact) mass is 204 g/mol. The molecule has 0 bridgehead atoms. The summed E-state index contributed by atoms with van der Waals surface area (Å²) >= 11 is 0. The van der Waals surface area contributed by atoms with Gasteiger partial charge in [-0.15, -0.1) is 0 Å². The molecule has 1 rings (SSSR count). The molecule has 2 N–H and O–H groups in total. The number of amides is 1. The van der Waals surface area contributed by atoms with Crippen LogP contribution in [0.25, 0.3) is 0 Å². The van der Waals surface area contributed by atoms with Crippen molar-refractivity contribution < 1.29 is 4.79 Å². The van der Waals surface area contributed by atoms with Gasteiger partial charge in [-0.05, 0) is 12.5 Å². The zero-order chi connectivity index (χ0) is 11.1. The van der Waals surface area contributed by atoms with Crippen LogP contribution in [-0.4, -0.2) is 12.5 Å². The molecule has 1 aromatic carbocycles. The van der Waals surface area contributed by atoms with E-state index in [0.717, 1.165) is 11.3 Å². The number of nitrogens with one attached hydrogen (secondary N) is 2. The van der Waals surface area contributed by atoms with Gasteiger partial charge in [0.25, 0.3) is 0 Å². The molecule has 0 fully saturated rings. The second kappa shape index (κ2) is 5.86. The molecule has 0 heterocycles. The largest absolute Gasteiger partial charge is 0.380 e. The molecule has 0 saturated carbocycles. The Morgan fingerprint density at radius 2 is 1.93 bits per heavy atom. The first-order valence-corrected chi connectivity index (χ1v) is 4.88. The van der Waals surface area contributed by atoms with Gasteiger partial charge in [0.1, 0.15) is 0 Å². The second-order valence-corrected chi connectivity index (χ2v) is 3.40. The summed E-state index contributed by atoms with van der Waals surface area (Å²) in [6.45, 7) is 6.33. The molecule has 15 heavy (non-hydrogen) atoms. The van der Waals surface area contributed by atoms with Crippen LogP contribution >= 0.6 is 0 Å². The van der Waals surface area contributed by atoms with Crippen LogP contribution in [0.5, 0.6) is 0 Å². The fourth-order valence-electron chi connectivity index (χ4n) is 1.09. The average molecular weight is 204 g/mol. The van der Waals surface area contributed by atoms with Crippen LogP contribution in [0, 0.1) is 0 Å². The molecule has 0 radical (unpaired) electrons. The summed E-state index contributed by atoms with van der Waals surface area (Å²) in [7, 11) is 0. The minimum Gasteiger partial charge on any atom is -0.380 e. The Bertz CT molecular complexity index is 333. The Hall–Kier alpha value is -1.77. The standard InChI is InChI=1S/C12H16N2O/c1-10(2)13-9-12(15)14-8-11-6-4-3-5-7-11/h3-7,13H,1,8-9H2,2H3,(H,14,15). The van der Waals surface area contributed by atoms with Crippen molar-refractivity contribution in [2.24, 2.45) is 0 Å². The maximum Gasteiger partial charge on any atom is 0.239 e. The number of benzene rings is 1. The summed E-state index contributed by atoms with van der Waals surface area (Å²) < 4.78 is 0. The van der Waals surface area contributed by atoms with Crippen molar-refractivity contribution in [1.82, 2.24) is 10.6 Å². The molecular formula is C12H16N2O. The lowest BCUT2D eigenvalue weighted by Gasteiger charge is -2.06. The van der Waals surface area contributed by atoms with Gasteiger partial charge in [0.15, 0.2) is 0 Å². The van der Waals surface area contributed by atoms with E-state index in [2.05, 4.69) is 17.2 Å². The Morgan fingerprint density at radius 1 is 1.27 bits per heavy atom. The van der Waals surface area contributed by atoms with Crippen LogP contribution in [0.2, 0.25) is 0 Å². The molecule has 0 saturated heterocycles. The third kappa shape index (κ3) is 4.86. The number of allylic oxidation sites excluding steroid dienone is 1. The van der Waals surface area contributed by atoms with E-state index in [-0.39, 0.29) is 12.5 Å². The first-order chi connectivity index (χ1) is 7.18. The van der Waals surface area contributed by atoms with Crippen molar-refractivity contribution in [3.63, 3.8) is 0 Å². The van der Waals surface area contributed by atoms with Crippen LogP contribution in [0.4, 0.5) is 0 Å². The van der Waals surface area contributed by atoms with E-state index in [0.29, 0.717) is 6.54 Å². The van der Waals surface area contributed by atoms with Crippen molar-refractivity contribution in [2.75, 3.05) is 6.54 Å². The molecule has 0 spiro atoms. The van der Waals surface area contributed by atoms with Crippen LogP contribution in [0.3, 0.4) is 0 Å². The molecule has 0 atom stereocenters. The number of carbonyl (C=O) groups is 1. The van der Waals surface area contributed by atoms with Crippen molar-refractivity contribution >= 4 is 5.91 Å². The number of rotatable bonds is 5. The highest BCUT2D eigenvalue weighted by Crippen LogP contribution is 1.96. The minimum absolute atomic E-state index is 0.0261. The van der Waals surface area contributed by atoms with Gasteiger partial charge in [0, 0.05) is 12.2 Å². The zero-order valence-corrected chi connectivity index (χ0v) is 8.92. The van der Waals surface area contributed by atoms with Gasteiger partial charge in [-0.25, -0.2) is 0 Å². The second-order valence-electron chi connectivity index (χ2n) is 3.40. The van der Waals surface area contributed by atoms with Gasteiger partial charge in [0.2, 0.25) is 5.91 Å². The van der Waals surface area contributed by atoms with Crippen molar-refractivity contribution in [2.45, 2.75) is 13.5 Å². The van der Waals surface area contributed by atoms with E-state index in [9.17, 15) is 4.79 Å². The van der Waals surface area contributed by atoms with Crippen molar-refractivity contribution in [3.05, 3.63) is 48.2 Å². The summed E-state index contributed by atoms with van der Waals surface area (Å²) in [5.41, 5.74) is 1.89. The maximum atomic E-state index is 11.3. The van der Waals surface area contributed by atoms with Crippen LogP contribution in [0.15, 0.2) is 42.6 Å². The van der Waals surface area contributed by atoms with Gasteiger partial charge in [-0.1, -0.05) is 36.9 Å². The highest BCUT2D eigenvalue weighted by atomic mass is 16.1. The molecule has 0 aliphatic heterocycles. The van der Waals surface area contributed by atoms with E-state index in [1.165, 1.54) is 0 Å². The van der Waals surface area contributed by atoms with Crippen LogP contribution in [-0.2, 0) is 11.3 Å². The van der Waals surface area contributed by atoms with Gasteiger partial charge < -0.3 is 10.6 Å². The lowest BCUT2D eigenvalue weighted by atomic mass is 10.2. The molecule has 3 nitrogen and oxygen atoms in total. The van der Waals surface area contributed by atoms with Crippen molar-refractivity contribution in [1.29, 1.82) is 0 Å². The summed E-state index contributed by atoms with van der Waals surface area (Å²) in [6.07, 6.45) is 0. The third-order valence-corrected chi connectivity index (χ3v) is 1.88. The van der Waals surface area contributed by atoms with E-state index in [1.807, 2.05) is 37.3 Å². The summed E-state index contributed by atoms with van der Waals surface area (Å²) in [4.78, 5) is 11.3. The fraction of sp³-hybridized carbons (Fsp3) is 0.250. The van der Waals surface area contributed by atoms with Gasteiger partial charge in [-0.3, -0.25) is 4.79 Å². The molecule has 0 unspecified atom stereocenters. The van der Waals surface area contributed by atoms with Crippen LogP contribution < -0.4 is 10.6 Å². The predicted molar refractivity (Wildman–Crippen MR) is 61.1 cm³/mol. The molecule has 80 valence electrons. The quantitative estimate of drug-likeness (QED) is 0.761. The van der Waals surface area contributed by atoms with E-state index in [1.54, 1.807) is 0 Å². The number of hydrogen-bond acceptors (Lipinski definition) is 2. The predicted octanol–water partition coefficient (Wildman–Crippen LogP) is 1.43. The number of carbonyl (C=O) groups excluding carboxylic acids is 1. The maximum absolute atomic E-state index is 11.3. The summed E-state index contributed by atoms with van der Waals surface area (Å²) in [5, 5.41) is 5.69. The molecular weight excluding hydrogens is 188 g/mol. The topological polar surface area (TPSA) is 41.1 Å². The lowest BCUT2D eigenvalue weighted by molar-refractivity contribution is -0.120. The van der Waals surface area contributed by atoms with Gasteiger partial charge in [0.05, 0.1) is 6.54 Å². The van der Waals surface area contributed by atoms with E-state index < -0.39 is 0 Å². The minimum atomic E-state index is -0.0261. The smallest absolute Gasteiger partial charge is 0.239 e. The Morgan fingerprint density at radius 3 is 2.53 bits per heavy atom. The average Bonchev–Trinajstić information content (AvgIpc) is 2.25. The molecule has 0 aliphatic carbocycles. The first kappa shape index (κ1) is 11.3. The van der Waals surface area contributed by atoms with E-state index in [4.69, 9.17) is 0 Å². The normalized spacial score (nSPS) is 9.40. The highest BCUT2D eigenvalue weighted by molar-refractivity contribution is 5.78. The molecule has 1 aromatic rings. The Labute approximate surface area is 90.2 Å². The van der Waals surface area contributed by atoms with Crippen molar-refractivity contribution in [3.8, 4) is 0 Å². The van der Waals surface area contributed by atoms with Crippen LogP contribution in [0.1, 0.15) is 12.5 Å². The summed E-state index contributed by atoms with van der Waals surface area (Å²) in [6, 6.07) is 9.81. The molecule has 3 heteroatoms. The molecule has 0 aromatic heterocycles. The Kier molecular flexibility index (Phi) is 4.41. The Balaban J connectivity index is 2.26. The number of hydrogen-bond donors (Lipinski definition) is 2. The molecule has 1 amide bonds. The highest BCUT2D eigenvalue weighted by Gasteiger charge is 1.99. The third-order valence-electron chi connectivity index (χ3n) is 1.88. The molecule has 0 aliphatic rings. The first-order valence-electron chi connectivity index (χ1n) is 4.88. The zero-order valence-electron chi connectivity index (χ0n) is 8.92. The summed E-state index contributed by atoms with van der Waals surface area (Å²) in [5.74, 6) is -0.0261. The van der Waals surface area contributed by atoms with Gasteiger partial charge >= 0.3 is 0 Å². The van der Waals surface area contributed by atoms with Gasteiger partial charge in [-0.2, -0.15) is 0 Å².